The van der Waals surface area contributed by atoms with E-state index >= 15 is 0 Å². The fourth-order valence-corrected chi connectivity index (χ4v) is 1.01. The molecule has 0 bridgehead atoms. The summed E-state index contributed by atoms with van der Waals surface area (Å²) in [6.07, 6.45) is 0.503. The van der Waals surface area contributed by atoms with Gasteiger partial charge in [-0.15, -0.1) is 0 Å². The molecule has 0 heterocycles. The molecular formula is C8H13KO6S. The maximum Gasteiger partial charge on any atom is 1.00 e. The van der Waals surface area contributed by atoms with E-state index in [1.165, 1.54) is 0 Å². The summed E-state index contributed by atoms with van der Waals surface area (Å²) in [6.45, 7) is 4.61. The number of hydrogen-bond donors (Lipinski definition) is 0. The van der Waals surface area contributed by atoms with Gasteiger partial charge in [0.25, 0.3) is 0 Å². The third-order valence-electron chi connectivity index (χ3n) is 1.31. The first-order valence-electron chi connectivity index (χ1n) is 4.19. The molecule has 0 radical (unpaired) electrons. The second-order valence-corrected chi connectivity index (χ2v) is 4.31. The zero-order valence-electron chi connectivity index (χ0n) is 9.34. The molecule has 8 heteroatoms. The van der Waals surface area contributed by atoms with Crippen molar-refractivity contribution < 1.29 is 78.6 Å². The predicted molar refractivity (Wildman–Crippen MR) is 51.1 cm³/mol. The monoisotopic (exact) mass is 276 g/mol. The summed E-state index contributed by atoms with van der Waals surface area (Å²) < 4.78 is 40.0. The van der Waals surface area contributed by atoms with Gasteiger partial charge in [0.05, 0.1) is 29.1 Å². The number of esters is 1. The van der Waals surface area contributed by atoms with Crippen LogP contribution < -0.4 is 51.4 Å². The summed E-state index contributed by atoms with van der Waals surface area (Å²) in [4.78, 5) is 10.7. The number of ether oxygens (including phenoxy) is 2. The Labute approximate surface area is 138 Å². The van der Waals surface area contributed by atoms with Crippen molar-refractivity contribution in [2.75, 3.05) is 19.0 Å². The molecule has 0 fully saturated rings. The molecule has 0 saturated carbocycles. The van der Waals surface area contributed by atoms with E-state index in [2.05, 4.69) is 6.58 Å². The molecule has 6 nitrogen and oxygen atoms in total. The summed E-state index contributed by atoms with van der Waals surface area (Å²) in [5, 5.41) is 0. The maximum atomic E-state index is 10.7. The number of rotatable bonds is 7. The van der Waals surface area contributed by atoms with Crippen molar-refractivity contribution in [3.8, 4) is 0 Å². The van der Waals surface area contributed by atoms with Gasteiger partial charge in [0.15, 0.2) is 0 Å². The van der Waals surface area contributed by atoms with E-state index in [1.807, 2.05) is 0 Å². The van der Waals surface area contributed by atoms with Crippen molar-refractivity contribution in [1.29, 1.82) is 0 Å². The van der Waals surface area contributed by atoms with Crippen molar-refractivity contribution in [2.45, 2.75) is 13.0 Å². The Morgan fingerprint density at radius 2 is 2.12 bits per heavy atom. The summed E-state index contributed by atoms with van der Waals surface area (Å²) in [7, 11) is -4.25. The van der Waals surface area contributed by atoms with Crippen LogP contribution in [0.3, 0.4) is 0 Å². The molecule has 88 valence electrons. The molecule has 0 saturated heterocycles. The van der Waals surface area contributed by atoms with Crippen LogP contribution in [0.1, 0.15) is 6.92 Å². The molecule has 0 rings (SSSR count). The molecule has 0 aromatic rings. The Hall–Kier alpha value is 0.716. The smallest absolute Gasteiger partial charge is 0.748 e. The van der Waals surface area contributed by atoms with Crippen LogP contribution in [-0.4, -0.2) is 44.0 Å². The van der Waals surface area contributed by atoms with Gasteiger partial charge in [-0.1, -0.05) is 6.58 Å². The predicted octanol–water partition coefficient (Wildman–Crippen LogP) is -3.33. The van der Waals surface area contributed by atoms with Gasteiger partial charge < -0.3 is 14.0 Å². The Balaban J connectivity index is 0. The molecule has 0 amide bonds. The van der Waals surface area contributed by atoms with Crippen molar-refractivity contribution >= 4 is 16.1 Å². The van der Waals surface area contributed by atoms with E-state index in [-0.39, 0.29) is 64.6 Å². The first-order chi connectivity index (χ1) is 6.85. The van der Waals surface area contributed by atoms with Crippen LogP contribution in [0.25, 0.3) is 0 Å². The van der Waals surface area contributed by atoms with E-state index in [1.54, 1.807) is 6.92 Å². The first-order valence-corrected chi connectivity index (χ1v) is 5.77. The van der Waals surface area contributed by atoms with Gasteiger partial charge in [0, 0.05) is 6.08 Å². The number of hydrogen-bond acceptors (Lipinski definition) is 6. The minimum Gasteiger partial charge on any atom is -0.748 e. The van der Waals surface area contributed by atoms with Gasteiger partial charge in [-0.2, -0.15) is 0 Å². The van der Waals surface area contributed by atoms with Gasteiger partial charge in [-0.05, 0) is 6.92 Å². The summed E-state index contributed by atoms with van der Waals surface area (Å²) in [5.74, 6) is -1.17. The van der Waals surface area contributed by atoms with E-state index in [4.69, 9.17) is 9.47 Å². The van der Waals surface area contributed by atoms with Gasteiger partial charge in [-0.3, -0.25) is 0 Å². The van der Waals surface area contributed by atoms with Gasteiger partial charge >= 0.3 is 57.4 Å². The third-order valence-corrected chi connectivity index (χ3v) is 1.98. The zero-order valence-corrected chi connectivity index (χ0v) is 13.3. The number of carbonyl (C=O) groups is 1. The minimum absolute atomic E-state index is 0. The zero-order chi connectivity index (χ0) is 11.9. The summed E-state index contributed by atoms with van der Waals surface area (Å²) >= 11 is 0. The van der Waals surface area contributed by atoms with Crippen LogP contribution in [0.4, 0.5) is 0 Å². The SMILES string of the molecule is C=CC(=O)OC(C)COCCS(=O)(=O)[O-].[K+]. The largest absolute Gasteiger partial charge is 1.00 e. The van der Waals surface area contributed by atoms with E-state index in [0.29, 0.717) is 0 Å². The van der Waals surface area contributed by atoms with Crippen LogP contribution >= 0.6 is 0 Å². The summed E-state index contributed by atoms with van der Waals surface area (Å²) in [5.41, 5.74) is 0. The standard InChI is InChI=1S/C8H14O6S.K/c1-3-8(9)14-7(2)6-13-4-5-15(10,11)12;/h3,7H,1,4-6H2,2H3,(H,10,11,12);/q;+1/p-1. The van der Waals surface area contributed by atoms with Gasteiger partial charge in [0.2, 0.25) is 0 Å². The normalized spacial score (nSPS) is 12.4. The van der Waals surface area contributed by atoms with Crippen molar-refractivity contribution in [3.63, 3.8) is 0 Å². The van der Waals surface area contributed by atoms with Crippen LogP contribution in [0.2, 0.25) is 0 Å². The minimum atomic E-state index is -4.25. The van der Waals surface area contributed by atoms with Gasteiger partial charge in [0.1, 0.15) is 6.10 Å². The van der Waals surface area contributed by atoms with E-state index in [0.717, 1.165) is 6.08 Å². The second kappa shape index (κ2) is 9.72. The maximum absolute atomic E-state index is 10.7. The van der Waals surface area contributed by atoms with Crippen LogP contribution in [0.5, 0.6) is 0 Å². The quantitative estimate of drug-likeness (QED) is 0.159. The second-order valence-electron chi connectivity index (χ2n) is 2.79. The molecule has 0 aromatic heterocycles. The van der Waals surface area contributed by atoms with E-state index in [9.17, 15) is 17.8 Å². The molecule has 0 aliphatic carbocycles. The van der Waals surface area contributed by atoms with Gasteiger partial charge in [-0.25, -0.2) is 13.2 Å². The Bertz CT molecular complexity index is 312. The first kappa shape index (κ1) is 19.1. The topological polar surface area (TPSA) is 92.7 Å². The van der Waals surface area contributed by atoms with Crippen molar-refractivity contribution in [2.24, 2.45) is 0 Å². The Kier molecular flexibility index (Phi) is 11.6. The summed E-state index contributed by atoms with van der Waals surface area (Å²) in [6, 6.07) is 0. The molecule has 0 aromatic carbocycles. The van der Waals surface area contributed by atoms with Crippen LogP contribution in [0.15, 0.2) is 12.7 Å². The molecule has 1 unspecified atom stereocenters. The Morgan fingerprint density at radius 1 is 1.56 bits per heavy atom. The average molecular weight is 276 g/mol. The molecule has 0 N–H and O–H groups in total. The molecule has 16 heavy (non-hydrogen) atoms. The van der Waals surface area contributed by atoms with Crippen molar-refractivity contribution in [1.82, 2.24) is 0 Å². The third kappa shape index (κ3) is 12.8. The molecule has 0 aliphatic rings. The molecular weight excluding hydrogens is 263 g/mol. The fraction of sp³-hybridized carbons (Fsp3) is 0.625. The molecule has 0 aliphatic heterocycles. The van der Waals surface area contributed by atoms with Crippen molar-refractivity contribution in [3.05, 3.63) is 12.7 Å². The average Bonchev–Trinajstić information content (AvgIpc) is 2.11. The molecule has 1 atom stereocenters. The number of carbonyl (C=O) groups excluding carboxylic acids is 1. The Morgan fingerprint density at radius 3 is 2.56 bits per heavy atom. The van der Waals surface area contributed by atoms with E-state index < -0.39 is 27.9 Å². The molecule has 0 spiro atoms. The van der Waals surface area contributed by atoms with Crippen LogP contribution in [0, 0.1) is 0 Å². The fourth-order valence-electron chi connectivity index (χ4n) is 0.691. The van der Waals surface area contributed by atoms with Crippen LogP contribution in [-0.2, 0) is 24.4 Å².